The summed E-state index contributed by atoms with van der Waals surface area (Å²) in [6.45, 7) is 8.59. The molecule has 2 aromatic rings. The van der Waals surface area contributed by atoms with Crippen LogP contribution < -0.4 is 4.90 Å². The third-order valence-electron chi connectivity index (χ3n) is 3.39. The lowest BCUT2D eigenvalue weighted by Crippen LogP contribution is -2.29. The molecule has 144 valence electrons. The van der Waals surface area contributed by atoms with Gasteiger partial charge >= 0.3 is 5.97 Å². The Hall–Kier alpha value is -3.73. The van der Waals surface area contributed by atoms with Crippen molar-refractivity contribution in [3.8, 4) is 0 Å². The lowest BCUT2D eigenvalue weighted by Gasteiger charge is -2.12. The summed E-state index contributed by atoms with van der Waals surface area (Å²) in [7, 11) is 1.33. The highest BCUT2D eigenvalue weighted by Crippen LogP contribution is 2.17. The van der Waals surface area contributed by atoms with Crippen LogP contribution in [0.25, 0.3) is 6.08 Å². The van der Waals surface area contributed by atoms with Gasteiger partial charge in [0.1, 0.15) is 0 Å². The molecule has 0 saturated carbocycles. The lowest BCUT2D eigenvalue weighted by atomic mass is 10.2. The molecule has 0 fully saturated rings. The van der Waals surface area contributed by atoms with Gasteiger partial charge in [-0.15, -0.1) is 0 Å². The number of nitrogens with zero attached hydrogens (tertiary/aromatic N) is 1. The number of carbonyl (C=O) groups is 3. The maximum Gasteiger partial charge on any atom is 0.332 e. The molecule has 1 aliphatic heterocycles. The van der Waals surface area contributed by atoms with Gasteiger partial charge in [0, 0.05) is 17.7 Å². The smallest absolute Gasteiger partial charge is 0.332 e. The van der Waals surface area contributed by atoms with Crippen LogP contribution in [0.5, 0.6) is 0 Å². The zero-order chi connectivity index (χ0) is 20.9. The first kappa shape index (κ1) is 22.3. The van der Waals surface area contributed by atoms with Crippen molar-refractivity contribution in [3.63, 3.8) is 0 Å². The summed E-state index contributed by atoms with van der Waals surface area (Å²) in [5.74, 6) is -0.910. The van der Waals surface area contributed by atoms with E-state index in [0.29, 0.717) is 11.3 Å². The molecule has 0 aromatic heterocycles. The largest absolute Gasteiger partial charge is 0.466 e. The van der Waals surface area contributed by atoms with E-state index in [9.17, 15) is 14.4 Å². The molecule has 0 radical (unpaired) electrons. The highest BCUT2D eigenvalue weighted by atomic mass is 16.5. The van der Waals surface area contributed by atoms with Crippen molar-refractivity contribution < 1.29 is 19.1 Å². The molecular weight excluding hydrogens is 354 g/mol. The second kappa shape index (κ2) is 11.8. The number of para-hydroxylation sites is 1. The summed E-state index contributed by atoms with van der Waals surface area (Å²) in [5.41, 5.74) is 2.22. The summed E-state index contributed by atoms with van der Waals surface area (Å²) in [4.78, 5) is 33.7. The van der Waals surface area contributed by atoms with Crippen molar-refractivity contribution in [2.45, 2.75) is 6.92 Å². The van der Waals surface area contributed by atoms with E-state index in [0.717, 1.165) is 4.90 Å². The maximum absolute atomic E-state index is 11.2. The van der Waals surface area contributed by atoms with E-state index < -0.39 is 0 Å². The Balaban J connectivity index is 0.000000227. The fraction of sp³-hybridized carbons (Fsp3) is 0.0870. The Bertz CT molecular complexity index is 837. The number of hydrogen-bond acceptors (Lipinski definition) is 4. The molecule has 0 spiro atoms. The van der Waals surface area contributed by atoms with Gasteiger partial charge in [0.05, 0.1) is 12.8 Å². The van der Waals surface area contributed by atoms with Gasteiger partial charge in [0.25, 0.3) is 11.8 Å². The molecule has 28 heavy (non-hydrogen) atoms. The van der Waals surface area contributed by atoms with Crippen LogP contribution in [0.2, 0.25) is 0 Å². The molecule has 0 aliphatic carbocycles. The van der Waals surface area contributed by atoms with E-state index >= 15 is 0 Å². The number of ether oxygens (including phenoxy) is 1. The van der Waals surface area contributed by atoms with E-state index in [2.05, 4.69) is 17.9 Å². The minimum atomic E-state index is -0.347. The Morgan fingerprint density at radius 3 is 1.71 bits per heavy atom. The number of hydrogen-bond donors (Lipinski definition) is 0. The van der Waals surface area contributed by atoms with E-state index in [-0.39, 0.29) is 17.8 Å². The molecule has 0 unspecified atom stereocenters. The van der Waals surface area contributed by atoms with Crippen LogP contribution in [-0.4, -0.2) is 24.9 Å². The summed E-state index contributed by atoms with van der Waals surface area (Å²) in [6, 6.07) is 18.9. The Labute approximate surface area is 165 Å². The van der Waals surface area contributed by atoms with E-state index in [1.165, 1.54) is 24.8 Å². The van der Waals surface area contributed by atoms with Crippen molar-refractivity contribution in [2.75, 3.05) is 12.0 Å². The molecule has 2 aromatic carbocycles. The van der Waals surface area contributed by atoms with Crippen LogP contribution in [0.4, 0.5) is 5.69 Å². The van der Waals surface area contributed by atoms with Crippen molar-refractivity contribution in [2.24, 2.45) is 0 Å². The third-order valence-corrected chi connectivity index (χ3v) is 3.39. The number of anilines is 1. The maximum atomic E-state index is 11.2. The van der Waals surface area contributed by atoms with Crippen LogP contribution in [0.3, 0.4) is 0 Å². The number of esters is 1. The summed E-state index contributed by atoms with van der Waals surface area (Å²) in [5, 5.41) is 0. The lowest BCUT2D eigenvalue weighted by molar-refractivity contribution is -0.136. The molecule has 0 saturated heterocycles. The van der Waals surface area contributed by atoms with Gasteiger partial charge in [-0.2, -0.15) is 0 Å². The predicted molar refractivity (Wildman–Crippen MR) is 111 cm³/mol. The van der Waals surface area contributed by atoms with Gasteiger partial charge in [-0.3, -0.25) is 9.59 Å². The fourth-order valence-corrected chi connectivity index (χ4v) is 2.00. The quantitative estimate of drug-likeness (QED) is 0.457. The molecular formula is C23H23NO4. The number of imide groups is 1. The zero-order valence-electron chi connectivity index (χ0n) is 16.0. The number of carbonyl (C=O) groups excluding carboxylic acids is 3. The van der Waals surface area contributed by atoms with Gasteiger partial charge in [0.15, 0.2) is 0 Å². The van der Waals surface area contributed by atoms with Crippen LogP contribution in [0, 0.1) is 0 Å². The average Bonchev–Trinajstić information content (AvgIpc) is 3.07. The molecule has 0 atom stereocenters. The molecule has 1 heterocycles. The number of amides is 2. The molecule has 5 heteroatoms. The molecule has 0 bridgehead atoms. The molecule has 5 nitrogen and oxygen atoms in total. The molecule has 2 amide bonds. The molecule has 3 rings (SSSR count). The Morgan fingerprint density at radius 1 is 0.929 bits per heavy atom. The van der Waals surface area contributed by atoms with Gasteiger partial charge < -0.3 is 4.74 Å². The predicted octanol–water partition coefficient (Wildman–Crippen LogP) is 4.18. The minimum Gasteiger partial charge on any atom is -0.466 e. The van der Waals surface area contributed by atoms with Gasteiger partial charge in [0.2, 0.25) is 0 Å². The van der Waals surface area contributed by atoms with E-state index in [1.807, 2.05) is 42.5 Å². The normalized spacial score (nSPS) is 11.6. The summed E-state index contributed by atoms with van der Waals surface area (Å²) >= 11 is 0. The number of benzene rings is 2. The van der Waals surface area contributed by atoms with Gasteiger partial charge in [-0.25, -0.2) is 9.69 Å². The monoisotopic (exact) mass is 377 g/mol. The first-order chi connectivity index (χ1) is 13.4. The minimum absolute atomic E-state index is 0.281. The van der Waals surface area contributed by atoms with Gasteiger partial charge in [-0.1, -0.05) is 67.8 Å². The summed E-state index contributed by atoms with van der Waals surface area (Å²) in [6.07, 6.45) is 4.38. The average molecular weight is 377 g/mol. The van der Waals surface area contributed by atoms with Gasteiger partial charge in [-0.05, 0) is 24.6 Å². The van der Waals surface area contributed by atoms with E-state index in [1.54, 1.807) is 31.2 Å². The topological polar surface area (TPSA) is 63.7 Å². The molecule has 0 N–H and O–H groups in total. The zero-order valence-corrected chi connectivity index (χ0v) is 16.0. The van der Waals surface area contributed by atoms with Crippen molar-refractivity contribution >= 4 is 29.5 Å². The van der Waals surface area contributed by atoms with Crippen molar-refractivity contribution in [3.05, 3.63) is 97.1 Å². The van der Waals surface area contributed by atoms with E-state index in [4.69, 9.17) is 0 Å². The summed E-state index contributed by atoms with van der Waals surface area (Å²) < 4.78 is 4.27. The Morgan fingerprint density at radius 2 is 1.39 bits per heavy atom. The second-order valence-corrected chi connectivity index (χ2v) is 5.57. The molecule has 1 aliphatic rings. The second-order valence-electron chi connectivity index (χ2n) is 5.57. The number of rotatable bonds is 3. The first-order valence-electron chi connectivity index (χ1n) is 8.43. The highest BCUT2D eigenvalue weighted by molar-refractivity contribution is 6.28. The van der Waals surface area contributed by atoms with Crippen molar-refractivity contribution in [1.82, 2.24) is 0 Å². The standard InChI is InChI=1S/C10H7NO2.C8H8.C5H8O2/c12-9-6-7-10(13)11(9)8-4-2-1-3-5-8;1-2-8-6-4-3-5-7-8;1-4(2)5(6)7-3/h1-7H;2-7H,1H2;1H2,2-3H3. The first-order valence-corrected chi connectivity index (χ1v) is 8.43. The van der Waals surface area contributed by atoms with Crippen LogP contribution in [-0.2, 0) is 19.1 Å². The van der Waals surface area contributed by atoms with Crippen LogP contribution in [0.15, 0.2) is 91.5 Å². The van der Waals surface area contributed by atoms with Crippen molar-refractivity contribution in [1.29, 1.82) is 0 Å². The van der Waals surface area contributed by atoms with Crippen LogP contribution in [0.1, 0.15) is 12.5 Å². The third kappa shape index (κ3) is 7.25. The Kier molecular flexibility index (Phi) is 9.40. The van der Waals surface area contributed by atoms with Crippen LogP contribution >= 0.6 is 0 Å². The number of methoxy groups -OCH3 is 1. The SMILES string of the molecule is C=C(C)C(=O)OC.C=Cc1ccccc1.O=C1C=CC(=O)N1c1ccccc1. The fourth-order valence-electron chi connectivity index (χ4n) is 2.00. The highest BCUT2D eigenvalue weighted by Gasteiger charge is 2.24.